The first-order chi connectivity index (χ1) is 8.24. The third-order valence-electron chi connectivity index (χ3n) is 2.57. The van der Waals surface area contributed by atoms with Gasteiger partial charge in [0.25, 0.3) is 0 Å². The summed E-state index contributed by atoms with van der Waals surface area (Å²) in [4.78, 5) is 3.98. The van der Waals surface area contributed by atoms with E-state index in [9.17, 15) is 0 Å². The lowest BCUT2D eigenvalue weighted by Crippen LogP contribution is -3.00. The molecule has 19 heavy (non-hydrogen) atoms. The molecule has 1 aromatic rings. The van der Waals surface area contributed by atoms with Gasteiger partial charge < -0.3 is 23.5 Å². The van der Waals surface area contributed by atoms with Gasteiger partial charge in [-0.05, 0) is 30.7 Å². The van der Waals surface area contributed by atoms with Crippen molar-refractivity contribution in [2.45, 2.75) is 6.42 Å². The van der Waals surface area contributed by atoms with E-state index in [1.807, 2.05) is 48.6 Å². The molecule has 2 rings (SSSR count). The molecule has 0 unspecified atom stereocenters. The second kappa shape index (κ2) is 8.67. The molecule has 105 valence electrons. The van der Waals surface area contributed by atoms with Crippen LogP contribution in [0.2, 0.25) is 0 Å². The molecule has 0 amide bonds. The highest BCUT2D eigenvalue weighted by Gasteiger charge is 2.26. The molecule has 0 bridgehead atoms. The fourth-order valence-corrected chi connectivity index (χ4v) is 1.66. The molecule has 1 aromatic carbocycles. The van der Waals surface area contributed by atoms with Gasteiger partial charge in [-0.15, -0.1) is 22.2 Å². The number of nitrogens with zero attached hydrogens (tertiary/aromatic N) is 2. The summed E-state index contributed by atoms with van der Waals surface area (Å²) in [5.74, 6) is 0. The monoisotopic (exact) mass is 301 g/mol. The van der Waals surface area contributed by atoms with Crippen LogP contribution in [0.4, 0.5) is 11.4 Å². The number of nitrogen functional groups attached to an aromatic ring is 1. The second-order valence-corrected chi connectivity index (χ2v) is 4.10. The summed E-state index contributed by atoms with van der Waals surface area (Å²) in [7, 11) is 1.98. The van der Waals surface area contributed by atoms with Crippen molar-refractivity contribution in [3.05, 3.63) is 43.3 Å². The number of benzene rings is 1. The van der Waals surface area contributed by atoms with Crippen LogP contribution in [0.3, 0.4) is 0 Å². The summed E-state index contributed by atoms with van der Waals surface area (Å²) in [6.07, 6.45) is 5.09. The minimum absolute atomic E-state index is 0. The van der Waals surface area contributed by atoms with Crippen molar-refractivity contribution in [3.8, 4) is 0 Å². The summed E-state index contributed by atoms with van der Waals surface area (Å²) in [5.41, 5.74) is 7.53. The molecule has 0 aromatic heterocycles. The summed E-state index contributed by atoms with van der Waals surface area (Å²) in [6, 6.07) is 7.80. The van der Waals surface area contributed by atoms with Gasteiger partial charge in [0.05, 0.1) is 26.0 Å². The highest BCUT2D eigenvalue weighted by atomic mass is 35.5. The Balaban J connectivity index is 0.00000162. The van der Waals surface area contributed by atoms with Gasteiger partial charge in [-0.2, -0.15) is 0 Å². The molecular weight excluding hydrogens is 283 g/mol. The van der Waals surface area contributed by atoms with E-state index in [1.54, 1.807) is 0 Å². The van der Waals surface area contributed by atoms with Gasteiger partial charge in [-0.25, -0.2) is 0 Å². The first kappa shape index (κ1) is 17.6. The van der Waals surface area contributed by atoms with Crippen LogP contribution in [0.15, 0.2) is 36.7 Å². The SMILES string of the molecule is CN1[C+]N(CCCNc2ccc(N)cc2)C=C1.Cl.[Cl-]. The number of rotatable bonds is 5. The number of nitrogens with one attached hydrogen (secondary N) is 1. The third-order valence-corrected chi connectivity index (χ3v) is 2.57. The average Bonchev–Trinajstić information content (AvgIpc) is 2.73. The topological polar surface area (TPSA) is 44.5 Å². The Bertz CT molecular complexity index is 381. The van der Waals surface area contributed by atoms with Gasteiger partial charge in [-0.3, -0.25) is 0 Å². The summed E-state index contributed by atoms with van der Waals surface area (Å²) >= 11 is 0. The molecule has 1 aliphatic rings. The Hall–Kier alpha value is -1.39. The lowest BCUT2D eigenvalue weighted by molar-refractivity contribution is -0.00000369. The van der Waals surface area contributed by atoms with Crippen molar-refractivity contribution in [2.75, 3.05) is 31.2 Å². The zero-order valence-electron chi connectivity index (χ0n) is 10.8. The van der Waals surface area contributed by atoms with Crippen molar-refractivity contribution in [1.82, 2.24) is 9.80 Å². The fourth-order valence-electron chi connectivity index (χ4n) is 1.66. The predicted octanol–water partition coefficient (Wildman–Crippen LogP) is -0.789. The van der Waals surface area contributed by atoms with Crippen LogP contribution in [0.1, 0.15) is 6.42 Å². The van der Waals surface area contributed by atoms with Crippen LogP contribution < -0.4 is 23.5 Å². The van der Waals surface area contributed by atoms with E-state index < -0.39 is 0 Å². The van der Waals surface area contributed by atoms with E-state index in [1.165, 1.54) is 0 Å². The molecule has 0 saturated carbocycles. The molecule has 1 radical (unpaired) electrons. The van der Waals surface area contributed by atoms with Crippen LogP contribution >= 0.6 is 12.4 Å². The Kier molecular flexibility index (Phi) is 8.03. The lowest BCUT2D eigenvalue weighted by atomic mass is 10.3. The van der Waals surface area contributed by atoms with Crippen molar-refractivity contribution in [1.29, 1.82) is 0 Å². The summed E-state index contributed by atoms with van der Waals surface area (Å²) < 4.78 is 0. The maximum Gasteiger partial charge on any atom is 0.564 e. The smallest absolute Gasteiger partial charge is 0.564 e. The van der Waals surface area contributed by atoms with Gasteiger partial charge in [0.2, 0.25) is 0 Å². The number of hydrogen-bond donors (Lipinski definition) is 2. The van der Waals surface area contributed by atoms with E-state index in [0.717, 1.165) is 30.9 Å². The first-order valence-corrected chi connectivity index (χ1v) is 5.77. The number of hydrogen-bond acceptors (Lipinski definition) is 4. The molecular formula is C13H19Cl2N4. The van der Waals surface area contributed by atoms with Crippen molar-refractivity contribution in [3.63, 3.8) is 0 Å². The Morgan fingerprint density at radius 2 is 1.89 bits per heavy atom. The van der Waals surface area contributed by atoms with Gasteiger partial charge >= 0.3 is 6.67 Å². The molecule has 0 fully saturated rings. The number of halogens is 2. The molecule has 0 spiro atoms. The second-order valence-electron chi connectivity index (χ2n) is 4.10. The molecule has 1 aliphatic heterocycles. The fraction of sp³-hybridized carbons (Fsp3) is 0.308. The average molecular weight is 302 g/mol. The minimum atomic E-state index is 0. The summed E-state index contributed by atoms with van der Waals surface area (Å²) in [5, 5.41) is 3.36. The zero-order chi connectivity index (χ0) is 12.1. The van der Waals surface area contributed by atoms with Crippen LogP contribution in [0, 0.1) is 6.67 Å². The molecule has 0 aliphatic carbocycles. The Morgan fingerprint density at radius 3 is 2.47 bits per heavy atom. The van der Waals surface area contributed by atoms with Crippen LogP contribution in [-0.4, -0.2) is 29.9 Å². The van der Waals surface area contributed by atoms with E-state index >= 15 is 0 Å². The first-order valence-electron chi connectivity index (χ1n) is 5.77. The van der Waals surface area contributed by atoms with E-state index in [4.69, 9.17) is 5.73 Å². The third kappa shape index (κ3) is 5.85. The highest BCUT2D eigenvalue weighted by Crippen LogP contribution is 2.11. The molecule has 0 saturated heterocycles. The van der Waals surface area contributed by atoms with Gasteiger partial charge in [0, 0.05) is 17.9 Å². The van der Waals surface area contributed by atoms with Crippen molar-refractivity contribution < 1.29 is 12.4 Å². The molecule has 6 heteroatoms. The van der Waals surface area contributed by atoms with Crippen molar-refractivity contribution in [2.24, 2.45) is 0 Å². The van der Waals surface area contributed by atoms with Crippen LogP contribution in [-0.2, 0) is 0 Å². The zero-order valence-corrected chi connectivity index (χ0v) is 12.4. The summed E-state index contributed by atoms with van der Waals surface area (Å²) in [6.45, 7) is 5.09. The van der Waals surface area contributed by atoms with E-state index in [2.05, 4.69) is 16.9 Å². The van der Waals surface area contributed by atoms with Crippen molar-refractivity contribution >= 4 is 23.8 Å². The van der Waals surface area contributed by atoms with E-state index in [0.29, 0.717) is 0 Å². The predicted molar refractivity (Wildman–Crippen MR) is 78.1 cm³/mol. The van der Waals surface area contributed by atoms with Gasteiger partial charge in [-0.1, -0.05) is 0 Å². The quantitative estimate of drug-likeness (QED) is 0.425. The number of nitrogens with two attached hydrogens (primary N) is 1. The number of anilines is 2. The normalized spacial score (nSPS) is 12.5. The molecule has 1 heterocycles. The molecule has 0 atom stereocenters. The highest BCUT2D eigenvalue weighted by molar-refractivity contribution is 5.85. The minimum Gasteiger partial charge on any atom is -1.00 e. The van der Waals surface area contributed by atoms with Gasteiger partial charge in [0.15, 0.2) is 0 Å². The molecule has 3 N–H and O–H groups in total. The van der Waals surface area contributed by atoms with Crippen LogP contribution in [0.5, 0.6) is 0 Å². The maximum atomic E-state index is 5.62. The Morgan fingerprint density at radius 1 is 1.21 bits per heavy atom. The van der Waals surface area contributed by atoms with E-state index in [-0.39, 0.29) is 24.8 Å². The standard InChI is InChI=1S/C13H18N4.2ClH/c1-16-9-10-17(11-16)8-2-7-15-13-5-3-12(14)4-6-13;;/h3-6,9-10,15H,2,7-8,14H2,1H3;2*1H/q+1;;/p-1. The van der Waals surface area contributed by atoms with Crippen LogP contribution in [0.25, 0.3) is 0 Å². The maximum absolute atomic E-state index is 5.62. The lowest BCUT2D eigenvalue weighted by Gasteiger charge is -2.07. The largest absolute Gasteiger partial charge is 1.00 e. The molecule has 4 nitrogen and oxygen atoms in total. The Labute approximate surface area is 127 Å². The van der Waals surface area contributed by atoms with Gasteiger partial charge in [0.1, 0.15) is 0 Å².